The maximum absolute atomic E-state index is 9.92. The van der Waals surface area contributed by atoms with Crippen LogP contribution >= 0.6 is 0 Å². The lowest BCUT2D eigenvalue weighted by Gasteiger charge is -2.29. The van der Waals surface area contributed by atoms with Gasteiger partial charge in [0, 0.05) is 24.3 Å². The van der Waals surface area contributed by atoms with E-state index >= 15 is 0 Å². The summed E-state index contributed by atoms with van der Waals surface area (Å²) in [5.41, 5.74) is 2.64. The fourth-order valence-electron chi connectivity index (χ4n) is 2.73. The van der Waals surface area contributed by atoms with Crippen molar-refractivity contribution in [3.05, 3.63) is 29.3 Å². The van der Waals surface area contributed by atoms with Gasteiger partial charge < -0.3 is 10.0 Å². The third-order valence-electron chi connectivity index (χ3n) is 3.81. The molecule has 2 rings (SSSR count). The lowest BCUT2D eigenvalue weighted by Crippen LogP contribution is -2.28. The Balaban J connectivity index is 2.31. The molecule has 1 saturated heterocycles. The van der Waals surface area contributed by atoms with Gasteiger partial charge in [-0.05, 0) is 31.9 Å². The van der Waals surface area contributed by atoms with Crippen LogP contribution in [0.2, 0.25) is 0 Å². The molecule has 0 saturated carbocycles. The van der Waals surface area contributed by atoms with Gasteiger partial charge in [-0.1, -0.05) is 25.3 Å². The lowest BCUT2D eigenvalue weighted by atomic mass is 10.0. The Hall–Kier alpha value is -1.53. The Morgan fingerprint density at radius 1 is 1.16 bits per heavy atom. The van der Waals surface area contributed by atoms with Crippen molar-refractivity contribution in [2.75, 3.05) is 18.0 Å². The quantitative estimate of drug-likeness (QED) is 0.884. The van der Waals surface area contributed by atoms with E-state index in [1.165, 1.54) is 32.1 Å². The van der Waals surface area contributed by atoms with Crippen molar-refractivity contribution in [1.29, 1.82) is 5.26 Å². The second-order valence-corrected chi connectivity index (χ2v) is 5.32. The molecule has 0 bridgehead atoms. The van der Waals surface area contributed by atoms with E-state index in [2.05, 4.69) is 11.0 Å². The van der Waals surface area contributed by atoms with Crippen LogP contribution in [0, 0.1) is 11.3 Å². The second-order valence-electron chi connectivity index (χ2n) is 5.32. The maximum Gasteiger partial charge on any atom is 0.0992 e. The number of hydrogen-bond donors (Lipinski definition) is 1. The van der Waals surface area contributed by atoms with Gasteiger partial charge in [0.25, 0.3) is 0 Å². The van der Waals surface area contributed by atoms with E-state index in [1.54, 1.807) is 13.0 Å². The van der Waals surface area contributed by atoms with Gasteiger partial charge in [-0.15, -0.1) is 0 Å². The first-order chi connectivity index (χ1) is 9.22. The number of rotatable bonds is 2. The van der Waals surface area contributed by atoms with Crippen molar-refractivity contribution in [3.63, 3.8) is 0 Å². The number of aliphatic hydroxyl groups excluding tert-OH is 1. The van der Waals surface area contributed by atoms with Crippen LogP contribution in [0.15, 0.2) is 18.2 Å². The van der Waals surface area contributed by atoms with Crippen LogP contribution in [0.5, 0.6) is 0 Å². The first-order valence-electron chi connectivity index (χ1n) is 7.19. The van der Waals surface area contributed by atoms with Crippen LogP contribution in [0.3, 0.4) is 0 Å². The topological polar surface area (TPSA) is 47.3 Å². The van der Waals surface area contributed by atoms with Crippen LogP contribution < -0.4 is 4.90 Å². The highest BCUT2D eigenvalue weighted by atomic mass is 16.3. The molecular weight excluding hydrogens is 236 g/mol. The van der Waals surface area contributed by atoms with Crippen molar-refractivity contribution >= 4 is 5.69 Å². The third kappa shape index (κ3) is 3.48. The summed E-state index contributed by atoms with van der Waals surface area (Å²) in [6.07, 6.45) is 5.77. The zero-order chi connectivity index (χ0) is 13.7. The molecule has 0 radical (unpaired) electrons. The first kappa shape index (κ1) is 13.9. The molecule has 1 atom stereocenters. The van der Waals surface area contributed by atoms with Gasteiger partial charge in [-0.25, -0.2) is 0 Å². The Morgan fingerprint density at radius 3 is 2.37 bits per heavy atom. The zero-order valence-corrected chi connectivity index (χ0v) is 11.6. The average molecular weight is 258 g/mol. The van der Waals surface area contributed by atoms with E-state index in [0.29, 0.717) is 5.56 Å². The number of nitriles is 1. The zero-order valence-electron chi connectivity index (χ0n) is 11.6. The summed E-state index contributed by atoms with van der Waals surface area (Å²) >= 11 is 0. The number of benzene rings is 1. The molecule has 1 aromatic carbocycles. The lowest BCUT2D eigenvalue weighted by molar-refractivity contribution is 0.199. The van der Waals surface area contributed by atoms with Crippen molar-refractivity contribution in [3.8, 4) is 6.07 Å². The van der Waals surface area contributed by atoms with Crippen LogP contribution in [0.25, 0.3) is 0 Å². The smallest absolute Gasteiger partial charge is 0.0992 e. The number of hydrogen-bond acceptors (Lipinski definition) is 3. The molecule has 1 N–H and O–H groups in total. The molecule has 0 amide bonds. The molecule has 0 aliphatic carbocycles. The SMILES string of the molecule is C[C@@H](O)c1ccc(C#N)cc1N1CCCCCCC1. The van der Waals surface area contributed by atoms with Crippen LogP contribution in [-0.2, 0) is 0 Å². The van der Waals surface area contributed by atoms with E-state index in [-0.39, 0.29) is 0 Å². The van der Waals surface area contributed by atoms with Gasteiger partial charge in [0.1, 0.15) is 0 Å². The molecule has 3 nitrogen and oxygen atoms in total. The molecule has 102 valence electrons. The van der Waals surface area contributed by atoms with Crippen molar-refractivity contribution in [2.45, 2.75) is 45.1 Å². The van der Waals surface area contributed by atoms with E-state index < -0.39 is 6.10 Å². The summed E-state index contributed by atoms with van der Waals surface area (Å²) in [5.74, 6) is 0. The highest BCUT2D eigenvalue weighted by Gasteiger charge is 2.16. The van der Waals surface area contributed by atoms with Crippen LogP contribution in [-0.4, -0.2) is 18.2 Å². The van der Waals surface area contributed by atoms with E-state index in [9.17, 15) is 5.11 Å². The molecule has 1 heterocycles. The molecule has 1 aromatic rings. The Labute approximate surface area is 115 Å². The molecule has 1 aliphatic rings. The van der Waals surface area contributed by atoms with Gasteiger partial charge in [0.15, 0.2) is 0 Å². The second kappa shape index (κ2) is 6.58. The molecule has 0 aromatic heterocycles. The number of nitrogens with zero attached hydrogens (tertiary/aromatic N) is 2. The van der Waals surface area contributed by atoms with Gasteiger partial charge in [0.05, 0.1) is 17.7 Å². The highest BCUT2D eigenvalue weighted by molar-refractivity contribution is 5.58. The van der Waals surface area contributed by atoms with Crippen LogP contribution in [0.1, 0.15) is 56.3 Å². The summed E-state index contributed by atoms with van der Waals surface area (Å²) in [6, 6.07) is 7.79. The summed E-state index contributed by atoms with van der Waals surface area (Å²) in [6.45, 7) is 3.83. The normalized spacial score (nSPS) is 18.3. The Kier molecular flexibility index (Phi) is 4.81. The highest BCUT2D eigenvalue weighted by Crippen LogP contribution is 2.29. The predicted molar refractivity (Wildman–Crippen MR) is 77.1 cm³/mol. The monoisotopic (exact) mass is 258 g/mol. The molecule has 0 spiro atoms. The Bertz CT molecular complexity index is 454. The van der Waals surface area contributed by atoms with Crippen LogP contribution in [0.4, 0.5) is 5.69 Å². The Morgan fingerprint density at radius 2 is 1.79 bits per heavy atom. The molecule has 1 fully saturated rings. The minimum absolute atomic E-state index is 0.492. The van der Waals surface area contributed by atoms with Crippen molar-refractivity contribution in [1.82, 2.24) is 0 Å². The maximum atomic E-state index is 9.92. The van der Waals surface area contributed by atoms with E-state index in [0.717, 1.165) is 24.3 Å². The fraction of sp³-hybridized carbons (Fsp3) is 0.562. The van der Waals surface area contributed by atoms with E-state index in [1.807, 2.05) is 12.1 Å². The molecule has 1 aliphatic heterocycles. The van der Waals surface area contributed by atoms with Gasteiger partial charge >= 0.3 is 0 Å². The minimum Gasteiger partial charge on any atom is -0.389 e. The van der Waals surface area contributed by atoms with Crippen molar-refractivity contribution < 1.29 is 5.11 Å². The largest absolute Gasteiger partial charge is 0.389 e. The van der Waals surface area contributed by atoms with Gasteiger partial charge in [0.2, 0.25) is 0 Å². The first-order valence-corrected chi connectivity index (χ1v) is 7.19. The van der Waals surface area contributed by atoms with Gasteiger partial charge in [-0.3, -0.25) is 0 Å². The number of aliphatic hydroxyl groups is 1. The summed E-state index contributed by atoms with van der Waals surface area (Å²) in [4.78, 5) is 2.34. The predicted octanol–water partition coefficient (Wildman–Crippen LogP) is 3.38. The fourth-order valence-corrected chi connectivity index (χ4v) is 2.73. The minimum atomic E-state index is -0.492. The summed E-state index contributed by atoms with van der Waals surface area (Å²) < 4.78 is 0. The average Bonchev–Trinajstić information content (AvgIpc) is 2.37. The molecule has 3 heteroatoms. The van der Waals surface area contributed by atoms with Gasteiger partial charge in [-0.2, -0.15) is 5.26 Å². The molecule has 19 heavy (non-hydrogen) atoms. The molecule has 0 unspecified atom stereocenters. The number of anilines is 1. The third-order valence-corrected chi connectivity index (χ3v) is 3.81. The molecular formula is C16H22N2O. The summed E-state index contributed by atoms with van der Waals surface area (Å²) in [5, 5.41) is 19.0. The van der Waals surface area contributed by atoms with E-state index in [4.69, 9.17) is 5.26 Å². The summed E-state index contributed by atoms with van der Waals surface area (Å²) in [7, 11) is 0. The van der Waals surface area contributed by atoms with Crippen molar-refractivity contribution in [2.24, 2.45) is 0 Å². The standard InChI is InChI=1S/C16H22N2O/c1-13(19)15-8-7-14(12-17)11-16(15)18-9-5-3-2-4-6-10-18/h7-8,11,13,19H,2-6,9-10H2,1H3/t13-/m1/s1.